The van der Waals surface area contributed by atoms with Crippen molar-refractivity contribution < 1.29 is 18.4 Å². The second kappa shape index (κ2) is 9.73. The summed E-state index contributed by atoms with van der Waals surface area (Å²) in [6.07, 6.45) is 0. The molecule has 0 saturated carbocycles. The van der Waals surface area contributed by atoms with E-state index in [1.807, 2.05) is 84.9 Å². The lowest BCUT2D eigenvalue weighted by Crippen LogP contribution is -2.46. The molecule has 2 aliphatic carbocycles. The highest BCUT2D eigenvalue weighted by molar-refractivity contribution is 6.85. The van der Waals surface area contributed by atoms with Crippen LogP contribution in [0.1, 0.15) is 31.8 Å². The molecule has 0 N–H and O–H groups in total. The lowest BCUT2D eigenvalue weighted by Gasteiger charge is -2.36. The summed E-state index contributed by atoms with van der Waals surface area (Å²) in [6.45, 7) is 8.45. The zero-order chi connectivity index (χ0) is 28.1. The fraction of sp³-hybridized carbons (Fsp3) is 0.118. The zero-order valence-electron chi connectivity index (χ0n) is 23.0. The average molecular weight is 559 g/mol. The summed E-state index contributed by atoms with van der Waals surface area (Å²) in [7, 11) is -5.10. The normalized spacial score (nSPS) is 14.9. The highest BCUT2D eigenvalue weighted by Gasteiger charge is 2.45. The second-order valence-corrected chi connectivity index (χ2v) is 18.7. The molecule has 198 valence electrons. The van der Waals surface area contributed by atoms with Gasteiger partial charge in [0.15, 0.2) is 11.6 Å². The van der Waals surface area contributed by atoms with Crippen LogP contribution in [-0.4, -0.2) is 28.2 Å². The molecule has 0 aliphatic heterocycles. The van der Waals surface area contributed by atoms with Crippen molar-refractivity contribution in [3.63, 3.8) is 0 Å². The summed E-state index contributed by atoms with van der Waals surface area (Å²) >= 11 is 0. The van der Waals surface area contributed by atoms with E-state index in [1.165, 1.54) is 0 Å². The van der Waals surface area contributed by atoms with Crippen LogP contribution in [0, 0.1) is 0 Å². The van der Waals surface area contributed by atoms with E-state index in [-0.39, 0.29) is 11.6 Å². The molecular formula is C34H30O4Si2. The van der Waals surface area contributed by atoms with E-state index in [1.54, 1.807) is 0 Å². The largest absolute Gasteiger partial charge is 0.539 e. The minimum Gasteiger partial charge on any atom is -0.539 e. The van der Waals surface area contributed by atoms with Crippen LogP contribution in [0.15, 0.2) is 120 Å². The van der Waals surface area contributed by atoms with Gasteiger partial charge in [-0.05, 0) is 36.6 Å². The maximum atomic E-state index is 14.3. The first-order chi connectivity index (χ1) is 19.2. The third-order valence-corrected chi connectivity index (χ3v) is 12.5. The number of fused-ring (bicyclic) bond motifs is 3. The van der Waals surface area contributed by atoms with Gasteiger partial charge >= 0.3 is 0 Å². The van der Waals surface area contributed by atoms with Gasteiger partial charge in [0.2, 0.25) is 0 Å². The lowest BCUT2D eigenvalue weighted by atomic mass is 9.76. The summed E-state index contributed by atoms with van der Waals surface area (Å²) in [5.74, 6) is 0.497. The molecule has 4 aromatic rings. The van der Waals surface area contributed by atoms with Gasteiger partial charge < -0.3 is 8.85 Å². The quantitative estimate of drug-likeness (QED) is 0.255. The van der Waals surface area contributed by atoms with Crippen LogP contribution in [0.2, 0.25) is 26.2 Å². The fourth-order valence-corrected chi connectivity index (χ4v) is 9.15. The molecule has 4 nitrogen and oxygen atoms in total. The molecule has 0 bridgehead atoms. The number of carbonyl (C=O) groups excluding carboxylic acids is 2. The molecular weight excluding hydrogens is 529 g/mol. The van der Waals surface area contributed by atoms with E-state index in [0.29, 0.717) is 44.9 Å². The van der Waals surface area contributed by atoms with Crippen LogP contribution in [0.4, 0.5) is 0 Å². The Balaban J connectivity index is 1.63. The number of ketones is 2. The van der Waals surface area contributed by atoms with Crippen molar-refractivity contribution in [2.45, 2.75) is 26.2 Å². The molecule has 0 unspecified atom stereocenters. The standard InChI is InChI=1S/C34H30O4Si2/c1-39(2,23-15-7-5-8-16-23)37-33-27-21-13-11-19-25(27)32(36)30-29(33)31(35)26-20-12-14-22-28(26)34(30)38-40(3,4)24-17-9-6-10-18-24/h5-22H,1-4H3. The van der Waals surface area contributed by atoms with Crippen LogP contribution < -0.4 is 10.4 Å². The maximum absolute atomic E-state index is 14.3. The van der Waals surface area contributed by atoms with Gasteiger partial charge in [-0.3, -0.25) is 9.59 Å². The molecule has 2 aliphatic rings. The van der Waals surface area contributed by atoms with Crippen LogP contribution in [0.25, 0.3) is 11.5 Å². The first kappa shape index (κ1) is 26.0. The van der Waals surface area contributed by atoms with E-state index >= 15 is 0 Å². The lowest BCUT2D eigenvalue weighted by molar-refractivity contribution is 0.0988. The van der Waals surface area contributed by atoms with E-state index in [0.717, 1.165) is 10.4 Å². The Labute approximate surface area is 236 Å². The number of benzene rings is 4. The molecule has 0 fully saturated rings. The number of rotatable bonds is 6. The summed E-state index contributed by atoms with van der Waals surface area (Å²) in [5.41, 5.74) is 2.92. The SMILES string of the molecule is C[Si](C)(OC1=C2C(=O)c3ccccc3C(O[Si](C)(C)c3ccccc3)=C2C(=O)c2ccccc21)c1ccccc1. The van der Waals surface area contributed by atoms with Crippen molar-refractivity contribution in [3.05, 3.63) is 143 Å². The summed E-state index contributed by atoms with van der Waals surface area (Å²) < 4.78 is 13.8. The number of hydrogen-bond donors (Lipinski definition) is 0. The number of allylic oxidation sites excluding steroid dienone is 2. The van der Waals surface area contributed by atoms with Crippen molar-refractivity contribution in [2.75, 3.05) is 0 Å². The molecule has 0 atom stereocenters. The molecule has 0 spiro atoms. The predicted octanol–water partition coefficient (Wildman–Crippen LogP) is 6.46. The Morgan fingerprint density at radius 3 is 1.07 bits per heavy atom. The second-order valence-electron chi connectivity index (χ2n) is 11.1. The Bertz CT molecular complexity index is 1590. The topological polar surface area (TPSA) is 52.6 Å². The number of carbonyl (C=O) groups is 2. The molecule has 4 aromatic carbocycles. The number of hydrogen-bond acceptors (Lipinski definition) is 4. The van der Waals surface area contributed by atoms with Crippen molar-refractivity contribution in [1.82, 2.24) is 0 Å². The van der Waals surface area contributed by atoms with Crippen LogP contribution in [0.5, 0.6) is 0 Å². The molecule has 0 saturated heterocycles. The minimum absolute atomic E-state index is 0.215. The molecule has 0 aromatic heterocycles. The van der Waals surface area contributed by atoms with E-state index in [9.17, 15) is 9.59 Å². The van der Waals surface area contributed by atoms with Crippen molar-refractivity contribution in [3.8, 4) is 0 Å². The Morgan fingerprint density at radius 2 is 0.725 bits per heavy atom. The molecule has 0 radical (unpaired) electrons. The van der Waals surface area contributed by atoms with Gasteiger partial charge in [0.1, 0.15) is 11.5 Å². The summed E-state index contributed by atoms with van der Waals surface area (Å²) in [6, 6.07) is 35.0. The third-order valence-electron chi connectivity index (χ3n) is 7.64. The molecule has 0 amide bonds. The predicted molar refractivity (Wildman–Crippen MR) is 165 cm³/mol. The van der Waals surface area contributed by atoms with Gasteiger partial charge in [0.25, 0.3) is 16.6 Å². The van der Waals surface area contributed by atoms with Gasteiger partial charge in [-0.2, -0.15) is 0 Å². The smallest absolute Gasteiger partial charge is 0.276 e. The van der Waals surface area contributed by atoms with Crippen molar-refractivity contribution in [1.29, 1.82) is 0 Å². The Morgan fingerprint density at radius 1 is 0.425 bits per heavy atom. The van der Waals surface area contributed by atoms with Crippen LogP contribution >= 0.6 is 0 Å². The first-order valence-corrected chi connectivity index (χ1v) is 19.3. The fourth-order valence-electron chi connectivity index (χ4n) is 5.48. The Kier molecular flexibility index (Phi) is 6.32. The molecule has 6 heteroatoms. The molecule has 40 heavy (non-hydrogen) atoms. The number of Topliss-reactive ketones (excluding diaryl/α,β-unsaturated/α-hetero) is 2. The third kappa shape index (κ3) is 4.30. The van der Waals surface area contributed by atoms with Gasteiger partial charge in [0.05, 0.1) is 11.1 Å². The van der Waals surface area contributed by atoms with Crippen LogP contribution in [-0.2, 0) is 8.85 Å². The van der Waals surface area contributed by atoms with E-state index < -0.39 is 16.6 Å². The van der Waals surface area contributed by atoms with Gasteiger partial charge in [-0.15, -0.1) is 0 Å². The Hall–Kier alpha value is -4.27. The zero-order valence-corrected chi connectivity index (χ0v) is 25.0. The van der Waals surface area contributed by atoms with Crippen molar-refractivity contribution >= 4 is 50.1 Å². The first-order valence-electron chi connectivity index (χ1n) is 13.5. The summed E-state index contributed by atoms with van der Waals surface area (Å²) in [4.78, 5) is 28.5. The maximum Gasteiger partial charge on any atom is 0.276 e. The summed E-state index contributed by atoms with van der Waals surface area (Å²) in [5, 5.41) is 2.20. The van der Waals surface area contributed by atoms with E-state index in [2.05, 4.69) is 50.5 Å². The van der Waals surface area contributed by atoms with Crippen molar-refractivity contribution in [2.24, 2.45) is 0 Å². The minimum atomic E-state index is -2.55. The molecule has 6 rings (SSSR count). The highest BCUT2D eigenvalue weighted by atomic mass is 28.4. The van der Waals surface area contributed by atoms with Gasteiger partial charge in [-0.1, -0.05) is 109 Å². The highest BCUT2D eigenvalue weighted by Crippen LogP contribution is 2.46. The van der Waals surface area contributed by atoms with Gasteiger partial charge in [-0.25, -0.2) is 0 Å². The molecule has 0 heterocycles. The monoisotopic (exact) mass is 558 g/mol. The van der Waals surface area contributed by atoms with Gasteiger partial charge in [0, 0.05) is 22.3 Å². The van der Waals surface area contributed by atoms with E-state index in [4.69, 9.17) is 8.85 Å². The average Bonchev–Trinajstić information content (AvgIpc) is 2.97. The van der Waals surface area contributed by atoms with Crippen LogP contribution in [0.3, 0.4) is 0 Å².